The number of hydrogen-bond acceptors (Lipinski definition) is 2. The molecular formula is C26H27FN2O2. The molecule has 0 spiro atoms. The lowest BCUT2D eigenvalue weighted by atomic mass is 9.95. The van der Waals surface area contributed by atoms with Crippen molar-refractivity contribution < 1.29 is 14.0 Å². The van der Waals surface area contributed by atoms with E-state index in [4.69, 9.17) is 0 Å². The van der Waals surface area contributed by atoms with Crippen LogP contribution < -0.4 is 5.32 Å². The number of piperidine rings is 1. The molecule has 0 aliphatic carbocycles. The van der Waals surface area contributed by atoms with Gasteiger partial charge in [0.05, 0.1) is 6.42 Å². The van der Waals surface area contributed by atoms with Gasteiger partial charge in [0.15, 0.2) is 0 Å². The number of amides is 2. The van der Waals surface area contributed by atoms with Crippen LogP contribution in [0.3, 0.4) is 0 Å². The van der Waals surface area contributed by atoms with Crippen LogP contribution in [-0.4, -0.2) is 36.3 Å². The third-order valence-corrected chi connectivity index (χ3v) is 6.09. The van der Waals surface area contributed by atoms with Crippen LogP contribution in [0, 0.1) is 11.7 Å². The molecular weight excluding hydrogens is 391 g/mol. The highest BCUT2D eigenvalue weighted by Gasteiger charge is 2.27. The zero-order valence-corrected chi connectivity index (χ0v) is 17.5. The molecule has 0 bridgehead atoms. The highest BCUT2D eigenvalue weighted by Crippen LogP contribution is 2.22. The molecule has 3 aromatic carbocycles. The fourth-order valence-corrected chi connectivity index (χ4v) is 4.28. The quantitative estimate of drug-likeness (QED) is 0.655. The average Bonchev–Trinajstić information content (AvgIpc) is 2.80. The smallest absolute Gasteiger partial charge is 0.227 e. The van der Waals surface area contributed by atoms with E-state index in [-0.39, 0.29) is 23.5 Å². The molecule has 1 aliphatic heterocycles. The Morgan fingerprint density at radius 2 is 1.58 bits per heavy atom. The van der Waals surface area contributed by atoms with Crippen molar-refractivity contribution >= 4 is 22.6 Å². The van der Waals surface area contributed by atoms with E-state index in [9.17, 15) is 14.0 Å². The predicted molar refractivity (Wildman–Crippen MR) is 120 cm³/mol. The van der Waals surface area contributed by atoms with Crippen molar-refractivity contribution in [1.82, 2.24) is 10.2 Å². The molecule has 5 heteroatoms. The second-order valence-electron chi connectivity index (χ2n) is 8.10. The van der Waals surface area contributed by atoms with Crippen molar-refractivity contribution in [3.63, 3.8) is 0 Å². The summed E-state index contributed by atoms with van der Waals surface area (Å²) in [5.74, 6) is -0.232. The van der Waals surface area contributed by atoms with Gasteiger partial charge in [-0.3, -0.25) is 9.59 Å². The molecule has 160 valence electrons. The van der Waals surface area contributed by atoms with Gasteiger partial charge in [0.1, 0.15) is 5.82 Å². The second kappa shape index (κ2) is 9.73. The largest absolute Gasteiger partial charge is 0.356 e. The van der Waals surface area contributed by atoms with Crippen LogP contribution >= 0.6 is 0 Å². The van der Waals surface area contributed by atoms with Crippen LogP contribution in [0.5, 0.6) is 0 Å². The van der Waals surface area contributed by atoms with Crippen molar-refractivity contribution in [3.05, 3.63) is 83.7 Å². The number of fused-ring (bicyclic) bond motifs is 1. The fraction of sp³-hybridized carbons (Fsp3) is 0.308. The van der Waals surface area contributed by atoms with E-state index in [1.807, 2.05) is 29.2 Å². The van der Waals surface area contributed by atoms with Gasteiger partial charge in [-0.2, -0.15) is 0 Å². The standard InChI is InChI=1S/C26H27FN2O2/c27-24-11-4-2-7-20(24)12-15-28-26(31)21-13-16-29(17-14-21)25(30)18-22-9-5-8-19-6-1-3-10-23(19)22/h1-11,21H,12-18H2,(H,28,31). The monoisotopic (exact) mass is 418 g/mol. The first-order valence-corrected chi connectivity index (χ1v) is 10.9. The van der Waals surface area contributed by atoms with E-state index in [1.165, 1.54) is 6.07 Å². The minimum atomic E-state index is -0.241. The van der Waals surface area contributed by atoms with Gasteiger partial charge in [-0.1, -0.05) is 60.7 Å². The number of hydrogen-bond donors (Lipinski definition) is 1. The number of likely N-dealkylation sites (tertiary alicyclic amines) is 1. The number of nitrogens with one attached hydrogen (secondary N) is 1. The maximum Gasteiger partial charge on any atom is 0.227 e. The molecule has 0 radical (unpaired) electrons. The van der Waals surface area contributed by atoms with Gasteiger partial charge >= 0.3 is 0 Å². The first kappa shape index (κ1) is 21.0. The number of rotatable bonds is 6. The Hall–Kier alpha value is -3.21. The Kier molecular flexibility index (Phi) is 6.60. The van der Waals surface area contributed by atoms with Crippen LogP contribution in [0.25, 0.3) is 10.8 Å². The van der Waals surface area contributed by atoms with Gasteiger partial charge in [-0.05, 0) is 47.2 Å². The van der Waals surface area contributed by atoms with E-state index in [0.717, 1.165) is 16.3 Å². The van der Waals surface area contributed by atoms with Crippen molar-refractivity contribution in [2.45, 2.75) is 25.7 Å². The summed E-state index contributed by atoms with van der Waals surface area (Å²) in [5.41, 5.74) is 1.65. The first-order valence-electron chi connectivity index (χ1n) is 10.9. The predicted octanol–water partition coefficient (Wildman–Crippen LogP) is 4.12. The third kappa shape index (κ3) is 5.10. The highest BCUT2D eigenvalue weighted by molar-refractivity contribution is 5.90. The third-order valence-electron chi connectivity index (χ3n) is 6.09. The molecule has 3 aromatic rings. The fourth-order valence-electron chi connectivity index (χ4n) is 4.28. The normalized spacial score (nSPS) is 14.5. The molecule has 0 aromatic heterocycles. The number of carbonyl (C=O) groups excluding carboxylic acids is 2. The van der Waals surface area contributed by atoms with Gasteiger partial charge in [-0.15, -0.1) is 0 Å². The Labute approximate surface area is 182 Å². The van der Waals surface area contributed by atoms with Crippen molar-refractivity contribution in [2.24, 2.45) is 5.92 Å². The molecule has 1 N–H and O–H groups in total. The molecule has 1 saturated heterocycles. The van der Waals surface area contributed by atoms with Crippen molar-refractivity contribution in [3.8, 4) is 0 Å². The molecule has 0 saturated carbocycles. The lowest BCUT2D eigenvalue weighted by Crippen LogP contribution is -2.43. The topological polar surface area (TPSA) is 49.4 Å². The summed E-state index contributed by atoms with van der Waals surface area (Å²) >= 11 is 0. The lowest BCUT2D eigenvalue weighted by molar-refractivity contribution is -0.135. The minimum absolute atomic E-state index is 0.00232. The maximum absolute atomic E-state index is 13.7. The van der Waals surface area contributed by atoms with E-state index in [2.05, 4.69) is 23.5 Å². The van der Waals surface area contributed by atoms with E-state index < -0.39 is 0 Å². The van der Waals surface area contributed by atoms with E-state index in [0.29, 0.717) is 50.9 Å². The molecule has 1 aliphatic rings. The number of benzene rings is 3. The molecule has 4 nitrogen and oxygen atoms in total. The van der Waals surface area contributed by atoms with Crippen molar-refractivity contribution in [2.75, 3.05) is 19.6 Å². The highest BCUT2D eigenvalue weighted by atomic mass is 19.1. The van der Waals surface area contributed by atoms with Gasteiger partial charge in [0.25, 0.3) is 0 Å². The van der Waals surface area contributed by atoms with Crippen molar-refractivity contribution in [1.29, 1.82) is 0 Å². The van der Waals surface area contributed by atoms with Gasteiger partial charge < -0.3 is 10.2 Å². The molecule has 1 heterocycles. The molecule has 1 fully saturated rings. The summed E-state index contributed by atoms with van der Waals surface area (Å²) in [7, 11) is 0. The Morgan fingerprint density at radius 1 is 0.903 bits per heavy atom. The summed E-state index contributed by atoms with van der Waals surface area (Å²) < 4.78 is 13.7. The van der Waals surface area contributed by atoms with Gasteiger partial charge in [0.2, 0.25) is 11.8 Å². The zero-order valence-electron chi connectivity index (χ0n) is 17.5. The van der Waals surface area contributed by atoms with Crippen LogP contribution in [0.2, 0.25) is 0 Å². The summed E-state index contributed by atoms with van der Waals surface area (Å²) in [6, 6.07) is 20.8. The van der Waals surface area contributed by atoms with Gasteiger partial charge in [0, 0.05) is 25.6 Å². The Bertz CT molecular complexity index is 1070. The second-order valence-corrected chi connectivity index (χ2v) is 8.10. The number of carbonyl (C=O) groups is 2. The average molecular weight is 419 g/mol. The Morgan fingerprint density at radius 3 is 2.39 bits per heavy atom. The molecule has 0 atom stereocenters. The first-order chi connectivity index (χ1) is 15.1. The molecule has 31 heavy (non-hydrogen) atoms. The maximum atomic E-state index is 13.7. The van der Waals surface area contributed by atoms with Crippen LogP contribution in [0.15, 0.2) is 66.7 Å². The zero-order chi connectivity index (χ0) is 21.6. The lowest BCUT2D eigenvalue weighted by Gasteiger charge is -2.31. The van der Waals surface area contributed by atoms with Crippen LogP contribution in [0.1, 0.15) is 24.0 Å². The molecule has 4 rings (SSSR count). The number of nitrogens with zero attached hydrogens (tertiary/aromatic N) is 1. The van der Waals surface area contributed by atoms with E-state index in [1.54, 1.807) is 18.2 Å². The van der Waals surface area contributed by atoms with Crippen LogP contribution in [0.4, 0.5) is 4.39 Å². The van der Waals surface area contributed by atoms with Crippen LogP contribution in [-0.2, 0) is 22.4 Å². The summed E-state index contributed by atoms with van der Waals surface area (Å²) in [6.45, 7) is 1.60. The number of halogens is 1. The molecule has 2 amide bonds. The SMILES string of the molecule is O=C(NCCc1ccccc1F)C1CCN(C(=O)Cc2cccc3ccccc23)CC1. The van der Waals surface area contributed by atoms with Gasteiger partial charge in [-0.25, -0.2) is 4.39 Å². The molecule has 0 unspecified atom stereocenters. The Balaban J connectivity index is 1.25. The minimum Gasteiger partial charge on any atom is -0.356 e. The summed E-state index contributed by atoms with van der Waals surface area (Å²) in [6.07, 6.45) is 2.17. The summed E-state index contributed by atoms with van der Waals surface area (Å²) in [4.78, 5) is 27.2. The van der Waals surface area contributed by atoms with E-state index >= 15 is 0 Å². The summed E-state index contributed by atoms with van der Waals surface area (Å²) in [5, 5.41) is 5.17.